The second-order valence-corrected chi connectivity index (χ2v) is 9.19. The number of hydrogen-bond donors (Lipinski definition) is 0. The molecule has 9 heteroatoms. The summed E-state index contributed by atoms with van der Waals surface area (Å²) in [5.74, 6) is 0.735. The molecule has 6 aromatic rings. The predicted octanol–water partition coefficient (Wildman–Crippen LogP) is 3.59. The van der Waals surface area contributed by atoms with Crippen molar-refractivity contribution in [1.29, 1.82) is 0 Å². The van der Waals surface area contributed by atoms with E-state index < -0.39 is 5.56 Å². The van der Waals surface area contributed by atoms with Crippen molar-refractivity contribution in [2.45, 2.75) is 0 Å². The number of aromatic nitrogens is 5. The topological polar surface area (TPSA) is 91.4 Å². The molecule has 0 aliphatic carbocycles. The minimum absolute atomic E-state index is 0.135. The highest BCUT2D eigenvalue weighted by Crippen LogP contribution is 2.26. The van der Waals surface area contributed by atoms with Gasteiger partial charge in [-0.1, -0.05) is 59.9 Å². The van der Waals surface area contributed by atoms with Gasteiger partial charge in [0.25, 0.3) is 5.56 Å². The molecule has 6 rings (SSSR count). The van der Waals surface area contributed by atoms with Gasteiger partial charge in [0.1, 0.15) is 11.4 Å². The summed E-state index contributed by atoms with van der Waals surface area (Å²) in [5.41, 5.74) is 3.11. The van der Waals surface area contributed by atoms with Crippen molar-refractivity contribution in [3.8, 4) is 34.0 Å². The van der Waals surface area contributed by atoms with Gasteiger partial charge >= 0.3 is 5.56 Å². The summed E-state index contributed by atoms with van der Waals surface area (Å²) in [6.07, 6.45) is 3.64. The van der Waals surface area contributed by atoms with Gasteiger partial charge in [-0.05, 0) is 42.5 Å². The highest BCUT2D eigenvalue weighted by Gasteiger charge is 2.15. The van der Waals surface area contributed by atoms with E-state index in [1.807, 2.05) is 66.9 Å². The van der Waals surface area contributed by atoms with Crippen molar-refractivity contribution in [2.75, 3.05) is 7.11 Å². The maximum Gasteiger partial charge on any atom is 0.300 e. The molecule has 0 atom stereocenters. The monoisotopic (exact) mass is 505 g/mol. The average molecular weight is 506 g/mol. The highest BCUT2D eigenvalue weighted by molar-refractivity contribution is 7.15. The second-order valence-electron chi connectivity index (χ2n) is 8.18. The van der Waals surface area contributed by atoms with Gasteiger partial charge in [-0.15, -0.1) is 0 Å². The second kappa shape index (κ2) is 9.29. The molecule has 3 aromatic carbocycles. The van der Waals surface area contributed by atoms with E-state index in [-0.39, 0.29) is 16.2 Å². The third-order valence-corrected chi connectivity index (χ3v) is 6.81. The third kappa shape index (κ3) is 4.21. The summed E-state index contributed by atoms with van der Waals surface area (Å²) in [7, 11) is 1.62. The number of methoxy groups -OCH3 is 1. The fourth-order valence-electron chi connectivity index (χ4n) is 4.01. The van der Waals surface area contributed by atoms with Crippen LogP contribution in [0.3, 0.4) is 0 Å². The van der Waals surface area contributed by atoms with E-state index in [1.54, 1.807) is 42.1 Å². The minimum atomic E-state index is -0.477. The van der Waals surface area contributed by atoms with Crippen molar-refractivity contribution in [1.82, 2.24) is 24.4 Å². The van der Waals surface area contributed by atoms with Crippen LogP contribution in [0.1, 0.15) is 5.56 Å². The summed E-state index contributed by atoms with van der Waals surface area (Å²) in [4.78, 5) is 30.4. The molecule has 0 amide bonds. The summed E-state index contributed by atoms with van der Waals surface area (Å²) in [6.45, 7) is 0. The first-order chi connectivity index (χ1) is 18.1. The normalized spacial score (nSPS) is 11.8. The number of para-hydroxylation sites is 1. The van der Waals surface area contributed by atoms with Gasteiger partial charge < -0.3 is 4.74 Å². The zero-order chi connectivity index (χ0) is 25.4. The number of hydrogen-bond acceptors (Lipinski definition) is 7. The number of nitrogens with zero attached hydrogens (tertiary/aromatic N) is 5. The lowest BCUT2D eigenvalue weighted by Crippen LogP contribution is -2.26. The Morgan fingerprint density at radius 1 is 0.811 bits per heavy atom. The van der Waals surface area contributed by atoms with Crippen LogP contribution in [0, 0.1) is 0 Å². The molecule has 0 aliphatic heterocycles. The summed E-state index contributed by atoms with van der Waals surface area (Å²) in [6, 6.07) is 26.3. The van der Waals surface area contributed by atoms with Crippen LogP contribution >= 0.6 is 11.3 Å². The van der Waals surface area contributed by atoms with Crippen molar-refractivity contribution in [3.05, 3.63) is 122 Å². The molecule has 180 valence electrons. The highest BCUT2D eigenvalue weighted by atomic mass is 32.1. The average Bonchev–Trinajstić information content (AvgIpc) is 3.50. The Labute approximate surface area is 214 Å². The molecule has 37 heavy (non-hydrogen) atoms. The van der Waals surface area contributed by atoms with Gasteiger partial charge in [-0.3, -0.25) is 9.59 Å². The van der Waals surface area contributed by atoms with Crippen LogP contribution in [0.15, 0.2) is 101 Å². The van der Waals surface area contributed by atoms with E-state index in [0.717, 1.165) is 33.9 Å². The summed E-state index contributed by atoms with van der Waals surface area (Å²) in [5, 5.41) is 9.16. The van der Waals surface area contributed by atoms with Crippen LogP contribution in [0.25, 0.3) is 39.2 Å². The van der Waals surface area contributed by atoms with E-state index in [1.165, 1.54) is 4.52 Å². The SMILES string of the molecule is COc1ccc(-c2nn(-c3ccccc3)cc2/C=c2\sc3nc(=O)c(-c4ccccc4)nn3c2=O)cc1. The first-order valence-corrected chi connectivity index (χ1v) is 12.2. The molecule has 0 spiro atoms. The Hall–Kier alpha value is -4.89. The van der Waals surface area contributed by atoms with Gasteiger partial charge in [0.15, 0.2) is 5.69 Å². The molecular formula is C28H19N5O3S. The van der Waals surface area contributed by atoms with E-state index >= 15 is 0 Å². The van der Waals surface area contributed by atoms with Crippen molar-refractivity contribution in [2.24, 2.45) is 0 Å². The minimum Gasteiger partial charge on any atom is -0.497 e. The molecule has 8 nitrogen and oxygen atoms in total. The van der Waals surface area contributed by atoms with Crippen LogP contribution < -0.4 is 20.4 Å². The Morgan fingerprint density at radius 2 is 1.49 bits per heavy atom. The maximum atomic E-state index is 13.3. The van der Waals surface area contributed by atoms with E-state index in [2.05, 4.69) is 10.1 Å². The van der Waals surface area contributed by atoms with Crippen molar-refractivity contribution >= 4 is 22.4 Å². The number of fused-ring (bicyclic) bond motifs is 1. The van der Waals surface area contributed by atoms with E-state index in [0.29, 0.717) is 15.8 Å². The number of thiazole rings is 1. The van der Waals surface area contributed by atoms with Gasteiger partial charge in [-0.2, -0.15) is 19.7 Å². The van der Waals surface area contributed by atoms with Gasteiger partial charge in [0.05, 0.1) is 17.3 Å². The number of ether oxygens (including phenoxy) is 1. The smallest absolute Gasteiger partial charge is 0.300 e. The molecule has 3 aromatic heterocycles. The van der Waals surface area contributed by atoms with Gasteiger partial charge in [0.2, 0.25) is 4.96 Å². The van der Waals surface area contributed by atoms with Gasteiger partial charge in [-0.25, -0.2) is 4.68 Å². The first kappa shape index (κ1) is 22.6. The zero-order valence-electron chi connectivity index (χ0n) is 19.6. The fraction of sp³-hybridized carbons (Fsp3) is 0.0357. The van der Waals surface area contributed by atoms with Gasteiger partial charge in [0, 0.05) is 22.9 Å². The molecule has 0 unspecified atom stereocenters. The molecule has 3 heterocycles. The zero-order valence-corrected chi connectivity index (χ0v) is 20.4. The molecule has 0 radical (unpaired) electrons. The largest absolute Gasteiger partial charge is 0.497 e. The molecule has 0 fully saturated rings. The van der Waals surface area contributed by atoms with E-state index in [9.17, 15) is 9.59 Å². The fourth-order valence-corrected chi connectivity index (χ4v) is 4.90. The van der Waals surface area contributed by atoms with Crippen LogP contribution in [0.4, 0.5) is 0 Å². The first-order valence-electron chi connectivity index (χ1n) is 11.4. The molecule has 0 N–H and O–H groups in total. The van der Waals surface area contributed by atoms with Crippen LogP contribution in [-0.2, 0) is 0 Å². The maximum absolute atomic E-state index is 13.3. The van der Waals surface area contributed by atoms with E-state index in [4.69, 9.17) is 9.84 Å². The third-order valence-electron chi connectivity index (χ3n) is 5.85. The molecule has 0 bridgehead atoms. The number of benzene rings is 3. The Kier molecular flexibility index (Phi) is 5.66. The summed E-state index contributed by atoms with van der Waals surface area (Å²) >= 11 is 1.12. The Bertz CT molecular complexity index is 1890. The Morgan fingerprint density at radius 3 is 2.19 bits per heavy atom. The molecule has 0 saturated heterocycles. The van der Waals surface area contributed by atoms with Crippen molar-refractivity contribution < 1.29 is 4.74 Å². The van der Waals surface area contributed by atoms with Crippen LogP contribution in [-0.4, -0.2) is 31.5 Å². The Balaban J connectivity index is 1.53. The lowest BCUT2D eigenvalue weighted by Gasteiger charge is -2.02. The molecule has 0 saturated carbocycles. The lowest BCUT2D eigenvalue weighted by atomic mass is 10.1. The van der Waals surface area contributed by atoms with Crippen LogP contribution in [0.5, 0.6) is 5.75 Å². The predicted molar refractivity (Wildman–Crippen MR) is 143 cm³/mol. The van der Waals surface area contributed by atoms with Crippen LogP contribution in [0.2, 0.25) is 0 Å². The number of rotatable bonds is 5. The molecular weight excluding hydrogens is 486 g/mol. The quantitative estimate of drug-likeness (QED) is 0.356. The standard InChI is InChI=1S/C28H19N5O3S/c1-36-22-14-12-19(13-15-22)24-20(17-32(30-24)21-10-6-3-7-11-21)16-23-27(35)33-28(37-23)29-26(34)25(31-33)18-8-4-2-5-9-18/h2-17H,1H3/b23-16-. The lowest BCUT2D eigenvalue weighted by molar-refractivity contribution is 0.415. The molecule has 0 aliphatic rings. The summed E-state index contributed by atoms with van der Waals surface area (Å²) < 4.78 is 8.65. The van der Waals surface area contributed by atoms with Crippen molar-refractivity contribution in [3.63, 3.8) is 0 Å².